The number of amides is 1. The van der Waals surface area contributed by atoms with E-state index >= 15 is 0 Å². The van der Waals surface area contributed by atoms with Gasteiger partial charge in [-0.3, -0.25) is 4.90 Å². The van der Waals surface area contributed by atoms with Gasteiger partial charge in [0.1, 0.15) is 18.4 Å². The van der Waals surface area contributed by atoms with Crippen molar-refractivity contribution in [3.8, 4) is 0 Å². The Morgan fingerprint density at radius 1 is 0.956 bits per heavy atom. The topological polar surface area (TPSA) is 68.2 Å². The minimum atomic E-state index is -5.02. The van der Waals surface area contributed by atoms with Gasteiger partial charge in [0.15, 0.2) is 0 Å². The fourth-order valence-corrected chi connectivity index (χ4v) is 5.04. The lowest BCUT2D eigenvalue weighted by atomic mass is 9.85. The molecule has 0 radical (unpaired) electrons. The van der Waals surface area contributed by atoms with Crippen LogP contribution in [0.3, 0.4) is 0 Å². The van der Waals surface area contributed by atoms with Crippen molar-refractivity contribution in [2.45, 2.75) is 56.6 Å². The molecule has 0 spiro atoms. The summed E-state index contributed by atoms with van der Waals surface area (Å²) in [6, 6.07) is 18.9. The van der Waals surface area contributed by atoms with Gasteiger partial charge in [-0.15, -0.1) is 0 Å². The molecule has 6 nitrogen and oxygen atoms in total. The van der Waals surface area contributed by atoms with Crippen molar-refractivity contribution in [3.05, 3.63) is 119 Å². The molecule has 12 heteroatoms. The Labute approximate surface area is 256 Å². The Balaban J connectivity index is 1.72. The first-order valence-electron chi connectivity index (χ1n) is 14.2. The van der Waals surface area contributed by atoms with E-state index in [2.05, 4.69) is 0 Å². The second-order valence-electron chi connectivity index (χ2n) is 10.5. The predicted octanol–water partition coefficient (Wildman–Crippen LogP) is 8.02. The number of rotatable bonds is 11. The Morgan fingerprint density at radius 3 is 2.13 bits per heavy atom. The minimum absolute atomic E-state index is 0.0599. The van der Waals surface area contributed by atoms with Gasteiger partial charge in [-0.1, -0.05) is 72.8 Å². The lowest BCUT2D eigenvalue weighted by Gasteiger charge is -2.47. The van der Waals surface area contributed by atoms with Crippen LogP contribution in [0.4, 0.5) is 31.1 Å². The summed E-state index contributed by atoms with van der Waals surface area (Å²) in [7, 11) is 0. The van der Waals surface area contributed by atoms with Crippen LogP contribution in [0.2, 0.25) is 0 Å². The van der Waals surface area contributed by atoms with E-state index in [1.165, 1.54) is 11.8 Å². The van der Waals surface area contributed by atoms with E-state index in [1.54, 1.807) is 66.7 Å². The third-order valence-corrected chi connectivity index (χ3v) is 7.37. The molecular formula is C33H33F6NO5. The maximum absolute atomic E-state index is 13.9. The fourth-order valence-electron chi connectivity index (χ4n) is 5.04. The number of carbonyl (C=O) groups is 1. The van der Waals surface area contributed by atoms with Gasteiger partial charge in [0, 0.05) is 13.0 Å². The monoisotopic (exact) mass is 637 g/mol. The van der Waals surface area contributed by atoms with Crippen molar-refractivity contribution in [2.24, 2.45) is 0 Å². The molecule has 1 heterocycles. The van der Waals surface area contributed by atoms with Crippen molar-refractivity contribution in [3.63, 3.8) is 0 Å². The van der Waals surface area contributed by atoms with Gasteiger partial charge in [0.05, 0.1) is 30.4 Å². The first-order valence-corrected chi connectivity index (χ1v) is 14.2. The van der Waals surface area contributed by atoms with Gasteiger partial charge in [-0.2, -0.15) is 26.3 Å². The number of hydrogen-bond acceptors (Lipinski definition) is 5. The van der Waals surface area contributed by atoms with Gasteiger partial charge in [0.25, 0.3) is 0 Å². The van der Waals surface area contributed by atoms with Crippen LogP contribution in [0.1, 0.15) is 53.7 Å². The number of hydrogen-bond donors (Lipinski definition) is 1. The number of nitrogens with zero attached hydrogens (tertiary/aromatic N) is 1. The maximum Gasteiger partial charge on any atom is 0.416 e. The highest BCUT2D eigenvalue weighted by molar-refractivity contribution is 5.70. The van der Waals surface area contributed by atoms with Crippen LogP contribution in [-0.2, 0) is 38.7 Å². The summed E-state index contributed by atoms with van der Waals surface area (Å²) < 4.78 is 99.1. The second kappa shape index (κ2) is 14.5. The molecule has 0 fully saturated rings. The standard InChI is InChI=1S/C33H33F6NO5/c1-23(25-18-27(32(34,35)36)20-28(19-25)33(37,38)39)45-22-31(26-12-6-3-7-13-26)15-8-14-29(43-17-9-16-41)40(31)30(42)44-21-24-10-4-2-5-11-24/h2-8,10-13,15,18-20,23,29,41H,9,14,16-17,21-22H2,1H3/t23-,29?,31?/m1/s1. The molecule has 242 valence electrons. The van der Waals surface area contributed by atoms with E-state index in [4.69, 9.17) is 14.2 Å². The van der Waals surface area contributed by atoms with Gasteiger partial charge < -0.3 is 19.3 Å². The SMILES string of the molecule is C[C@@H](OCC1(c2ccccc2)C=CCC(OCCCO)N1C(=O)OCc1ccccc1)c1cc(C(F)(F)F)cc(C(F)(F)F)c1. The molecule has 0 bridgehead atoms. The maximum atomic E-state index is 13.9. The van der Waals surface area contributed by atoms with Crippen LogP contribution in [0.5, 0.6) is 0 Å². The summed E-state index contributed by atoms with van der Waals surface area (Å²) in [5.41, 5.74) is -3.42. The Bertz CT molecular complexity index is 1400. The second-order valence-corrected chi connectivity index (χ2v) is 10.5. The zero-order valence-electron chi connectivity index (χ0n) is 24.4. The normalized spacial score (nSPS) is 19.4. The fraction of sp³-hybridized carbons (Fsp3) is 0.364. The van der Waals surface area contributed by atoms with Crippen molar-refractivity contribution in [2.75, 3.05) is 19.8 Å². The molecule has 0 aliphatic carbocycles. The molecule has 3 atom stereocenters. The summed E-state index contributed by atoms with van der Waals surface area (Å²) in [6.45, 7) is 0.850. The summed E-state index contributed by atoms with van der Waals surface area (Å²) in [6.07, 6.45) is -8.98. The van der Waals surface area contributed by atoms with Crippen LogP contribution < -0.4 is 0 Å². The number of alkyl halides is 6. The van der Waals surface area contributed by atoms with Crippen molar-refractivity contribution in [1.29, 1.82) is 0 Å². The number of ether oxygens (including phenoxy) is 3. The smallest absolute Gasteiger partial charge is 0.416 e. The Hall–Kier alpha value is -3.87. The quantitative estimate of drug-likeness (QED) is 0.131. The number of aliphatic hydroxyl groups excluding tert-OH is 1. The molecule has 3 aromatic rings. The molecule has 0 aromatic heterocycles. The summed E-state index contributed by atoms with van der Waals surface area (Å²) in [5, 5.41) is 9.29. The molecule has 1 amide bonds. The van der Waals surface area contributed by atoms with Gasteiger partial charge in [-0.25, -0.2) is 4.79 Å². The van der Waals surface area contributed by atoms with Gasteiger partial charge in [-0.05, 0) is 48.2 Å². The molecule has 1 aliphatic rings. The predicted molar refractivity (Wildman–Crippen MR) is 153 cm³/mol. The van der Waals surface area contributed by atoms with Crippen molar-refractivity contribution >= 4 is 6.09 Å². The molecule has 4 rings (SSSR count). The van der Waals surface area contributed by atoms with Crippen LogP contribution in [-0.4, -0.2) is 42.1 Å². The van der Waals surface area contributed by atoms with E-state index in [0.29, 0.717) is 17.7 Å². The third-order valence-electron chi connectivity index (χ3n) is 7.37. The molecule has 0 saturated heterocycles. The average Bonchev–Trinajstić information content (AvgIpc) is 3.02. The van der Waals surface area contributed by atoms with E-state index in [1.807, 2.05) is 6.07 Å². The third kappa shape index (κ3) is 8.44. The van der Waals surface area contributed by atoms with Crippen LogP contribution >= 0.6 is 0 Å². The zero-order valence-corrected chi connectivity index (χ0v) is 24.4. The number of halogens is 6. The van der Waals surface area contributed by atoms with E-state index < -0.39 is 47.4 Å². The molecule has 1 aliphatic heterocycles. The first kappa shape index (κ1) is 34.0. The van der Waals surface area contributed by atoms with Crippen molar-refractivity contribution in [1.82, 2.24) is 4.90 Å². The zero-order chi connectivity index (χ0) is 32.7. The molecule has 1 N–H and O–H groups in total. The molecular weight excluding hydrogens is 604 g/mol. The summed E-state index contributed by atoms with van der Waals surface area (Å²) in [4.78, 5) is 15.2. The number of benzene rings is 3. The average molecular weight is 638 g/mol. The van der Waals surface area contributed by atoms with Crippen LogP contribution in [0.15, 0.2) is 91.0 Å². The lowest BCUT2D eigenvalue weighted by Crippen LogP contribution is -2.58. The highest BCUT2D eigenvalue weighted by Gasteiger charge is 2.47. The Morgan fingerprint density at radius 2 is 1.56 bits per heavy atom. The summed E-state index contributed by atoms with van der Waals surface area (Å²) >= 11 is 0. The van der Waals surface area contributed by atoms with E-state index in [-0.39, 0.29) is 50.9 Å². The van der Waals surface area contributed by atoms with E-state index in [0.717, 1.165) is 5.56 Å². The van der Waals surface area contributed by atoms with Gasteiger partial charge >= 0.3 is 18.4 Å². The van der Waals surface area contributed by atoms with Crippen LogP contribution in [0.25, 0.3) is 0 Å². The Kier molecular flexibility index (Phi) is 10.9. The highest BCUT2D eigenvalue weighted by atomic mass is 19.4. The number of carbonyl (C=O) groups excluding carboxylic acids is 1. The van der Waals surface area contributed by atoms with Crippen LogP contribution in [0, 0.1) is 0 Å². The van der Waals surface area contributed by atoms with Gasteiger partial charge in [0.2, 0.25) is 0 Å². The largest absolute Gasteiger partial charge is 0.444 e. The van der Waals surface area contributed by atoms with E-state index in [9.17, 15) is 36.2 Å². The summed E-state index contributed by atoms with van der Waals surface area (Å²) in [5.74, 6) is 0. The molecule has 2 unspecified atom stereocenters. The first-order chi connectivity index (χ1) is 21.3. The molecule has 3 aromatic carbocycles. The number of aliphatic hydroxyl groups is 1. The molecule has 45 heavy (non-hydrogen) atoms. The van der Waals surface area contributed by atoms with Crippen molar-refractivity contribution < 1.29 is 50.5 Å². The minimum Gasteiger partial charge on any atom is -0.444 e. The molecule has 0 saturated carbocycles. The highest BCUT2D eigenvalue weighted by Crippen LogP contribution is 2.41. The lowest BCUT2D eigenvalue weighted by molar-refractivity contribution is -0.143.